The van der Waals surface area contributed by atoms with E-state index in [1.54, 1.807) is 12.4 Å². The smallest absolute Gasteiger partial charge is 0.266 e. The van der Waals surface area contributed by atoms with E-state index in [1.807, 2.05) is 30.9 Å². The quantitative estimate of drug-likeness (QED) is 0.806. The number of carbonyl (C=O) groups is 1. The Morgan fingerprint density at radius 1 is 1.42 bits per heavy atom. The fourth-order valence-corrected chi connectivity index (χ4v) is 3.96. The Morgan fingerprint density at radius 3 is 2.88 bits per heavy atom. The van der Waals surface area contributed by atoms with Crippen molar-refractivity contribution < 1.29 is 9.53 Å². The normalized spacial score (nSPS) is 17.2. The minimum absolute atomic E-state index is 0.0600. The highest BCUT2D eigenvalue weighted by atomic mass is 32.1. The summed E-state index contributed by atoms with van der Waals surface area (Å²) in [5.41, 5.74) is 1.98. The molecule has 5 nitrogen and oxygen atoms in total. The second-order valence-corrected chi connectivity index (χ2v) is 7.24. The van der Waals surface area contributed by atoms with E-state index < -0.39 is 0 Å². The van der Waals surface area contributed by atoms with Crippen LogP contribution in [0.4, 0.5) is 0 Å². The van der Waals surface area contributed by atoms with Crippen molar-refractivity contribution in [1.82, 2.24) is 14.9 Å². The lowest BCUT2D eigenvalue weighted by Gasteiger charge is -2.25. The van der Waals surface area contributed by atoms with Crippen LogP contribution in [0.2, 0.25) is 0 Å². The molecule has 1 aliphatic heterocycles. The minimum Gasteiger partial charge on any atom is -0.376 e. The molecule has 0 radical (unpaired) electrons. The van der Waals surface area contributed by atoms with Crippen LogP contribution in [-0.2, 0) is 17.7 Å². The molecule has 2 aromatic rings. The number of aryl methyl sites for hydroxylation is 2. The van der Waals surface area contributed by atoms with Crippen LogP contribution in [0.25, 0.3) is 0 Å². The van der Waals surface area contributed by atoms with Gasteiger partial charge in [0.05, 0.1) is 16.8 Å². The summed E-state index contributed by atoms with van der Waals surface area (Å²) in [6, 6.07) is 3.91. The van der Waals surface area contributed by atoms with E-state index in [1.165, 1.54) is 11.3 Å². The van der Waals surface area contributed by atoms with E-state index in [2.05, 4.69) is 9.97 Å². The van der Waals surface area contributed by atoms with Gasteiger partial charge in [-0.1, -0.05) is 6.92 Å². The van der Waals surface area contributed by atoms with Crippen molar-refractivity contribution in [3.63, 3.8) is 0 Å². The molecule has 1 unspecified atom stereocenters. The Hall–Kier alpha value is -1.79. The number of hydrogen-bond acceptors (Lipinski definition) is 5. The van der Waals surface area contributed by atoms with Gasteiger partial charge in [0.15, 0.2) is 0 Å². The predicted molar refractivity (Wildman–Crippen MR) is 94.2 cm³/mol. The topological polar surface area (TPSA) is 55.3 Å². The summed E-state index contributed by atoms with van der Waals surface area (Å²) >= 11 is 1.49. The highest BCUT2D eigenvalue weighted by molar-refractivity contribution is 7.13. The Balaban J connectivity index is 1.83. The zero-order valence-corrected chi connectivity index (χ0v) is 15.0. The molecule has 0 N–H and O–H groups in total. The van der Waals surface area contributed by atoms with E-state index in [-0.39, 0.29) is 12.0 Å². The minimum atomic E-state index is 0.0600. The van der Waals surface area contributed by atoms with Crippen molar-refractivity contribution in [2.75, 3.05) is 13.2 Å². The van der Waals surface area contributed by atoms with E-state index in [9.17, 15) is 4.79 Å². The van der Waals surface area contributed by atoms with Crippen LogP contribution >= 0.6 is 11.3 Å². The molecule has 1 atom stereocenters. The van der Waals surface area contributed by atoms with Gasteiger partial charge in [0.1, 0.15) is 4.88 Å². The summed E-state index contributed by atoms with van der Waals surface area (Å²) in [5, 5.41) is 0.941. The van der Waals surface area contributed by atoms with Gasteiger partial charge in [0.25, 0.3) is 5.91 Å². The van der Waals surface area contributed by atoms with Crippen LogP contribution in [0.3, 0.4) is 0 Å². The first-order valence-electron chi connectivity index (χ1n) is 8.43. The Bertz CT molecular complexity index is 681. The summed E-state index contributed by atoms with van der Waals surface area (Å²) < 4.78 is 5.75. The van der Waals surface area contributed by atoms with Crippen molar-refractivity contribution in [2.45, 2.75) is 45.8 Å². The van der Waals surface area contributed by atoms with Crippen molar-refractivity contribution in [1.29, 1.82) is 0 Å². The van der Waals surface area contributed by atoms with Crippen molar-refractivity contribution in [3.8, 4) is 0 Å². The molecular weight excluding hydrogens is 322 g/mol. The third-order valence-electron chi connectivity index (χ3n) is 4.19. The largest absolute Gasteiger partial charge is 0.376 e. The van der Waals surface area contributed by atoms with Crippen molar-refractivity contribution in [2.24, 2.45) is 0 Å². The number of aromatic nitrogens is 2. The monoisotopic (exact) mass is 345 g/mol. The first kappa shape index (κ1) is 17.0. The lowest BCUT2D eigenvalue weighted by Crippen LogP contribution is -2.37. The zero-order chi connectivity index (χ0) is 16.9. The SMILES string of the molecule is CCc1nc(C)sc1C(=O)N(Cc1ccncc1)CC1CCCO1. The van der Waals surface area contributed by atoms with Crippen LogP contribution < -0.4 is 0 Å². The maximum Gasteiger partial charge on any atom is 0.266 e. The average Bonchev–Trinajstić information content (AvgIpc) is 3.23. The molecule has 1 saturated heterocycles. The highest BCUT2D eigenvalue weighted by Crippen LogP contribution is 2.23. The van der Waals surface area contributed by atoms with Crippen molar-refractivity contribution in [3.05, 3.63) is 45.7 Å². The van der Waals surface area contributed by atoms with Crippen LogP contribution in [-0.4, -0.2) is 40.0 Å². The number of hydrogen-bond donors (Lipinski definition) is 0. The third-order valence-corrected chi connectivity index (χ3v) is 5.19. The molecule has 0 spiro atoms. The molecular formula is C18H23N3O2S. The molecule has 0 aliphatic carbocycles. The van der Waals surface area contributed by atoms with Crippen molar-refractivity contribution >= 4 is 17.2 Å². The lowest BCUT2D eigenvalue weighted by atomic mass is 10.2. The van der Waals surface area contributed by atoms with E-state index in [4.69, 9.17) is 4.74 Å². The van der Waals surface area contributed by atoms with Crippen LogP contribution in [0.15, 0.2) is 24.5 Å². The lowest BCUT2D eigenvalue weighted by molar-refractivity contribution is 0.0510. The summed E-state index contributed by atoms with van der Waals surface area (Å²) in [4.78, 5) is 24.4. The van der Waals surface area contributed by atoms with E-state index in [0.717, 1.165) is 47.0 Å². The molecule has 1 amide bonds. The van der Waals surface area contributed by atoms with Gasteiger partial charge in [-0.2, -0.15) is 0 Å². The number of thiazole rings is 1. The van der Waals surface area contributed by atoms with Gasteiger partial charge in [-0.05, 0) is 43.9 Å². The number of amides is 1. The molecule has 0 bridgehead atoms. The molecule has 6 heteroatoms. The van der Waals surface area contributed by atoms with Gasteiger partial charge in [-0.25, -0.2) is 4.98 Å². The predicted octanol–water partition coefficient (Wildman–Crippen LogP) is 3.23. The Kier molecular flexibility index (Phi) is 5.58. The summed E-state index contributed by atoms with van der Waals surface area (Å²) in [6.45, 7) is 5.98. The maximum absolute atomic E-state index is 13.2. The summed E-state index contributed by atoms with van der Waals surface area (Å²) in [6.07, 6.45) is 6.52. The number of pyridine rings is 1. The molecule has 2 aromatic heterocycles. The van der Waals surface area contributed by atoms with Gasteiger partial charge >= 0.3 is 0 Å². The number of ether oxygens (including phenoxy) is 1. The molecule has 24 heavy (non-hydrogen) atoms. The first-order valence-corrected chi connectivity index (χ1v) is 9.25. The zero-order valence-electron chi connectivity index (χ0n) is 14.2. The van der Waals surface area contributed by atoms with Gasteiger partial charge in [0.2, 0.25) is 0 Å². The van der Waals surface area contributed by atoms with Gasteiger partial charge < -0.3 is 9.64 Å². The molecule has 3 heterocycles. The fraction of sp³-hybridized carbons (Fsp3) is 0.500. The third kappa shape index (κ3) is 3.99. The summed E-state index contributed by atoms with van der Waals surface area (Å²) in [7, 11) is 0. The maximum atomic E-state index is 13.2. The number of nitrogens with zero attached hydrogens (tertiary/aromatic N) is 3. The average molecular weight is 345 g/mol. The second-order valence-electron chi connectivity index (χ2n) is 6.04. The van der Waals surface area contributed by atoms with Crippen LogP contribution in [0.1, 0.15) is 45.7 Å². The van der Waals surface area contributed by atoms with Gasteiger partial charge in [0, 0.05) is 32.1 Å². The Labute approximate surface area is 146 Å². The van der Waals surface area contributed by atoms with Crippen LogP contribution in [0, 0.1) is 6.92 Å². The fourth-order valence-electron chi connectivity index (χ4n) is 2.98. The molecule has 1 aliphatic rings. The van der Waals surface area contributed by atoms with Gasteiger partial charge in [-0.3, -0.25) is 9.78 Å². The van der Waals surface area contributed by atoms with E-state index >= 15 is 0 Å². The standard InChI is InChI=1S/C18H23N3O2S/c1-3-16-17(24-13(2)20-16)18(22)21(12-15-5-4-10-23-15)11-14-6-8-19-9-7-14/h6-9,15H,3-5,10-12H2,1-2H3. The second kappa shape index (κ2) is 7.85. The number of carbonyl (C=O) groups excluding carboxylic acids is 1. The number of rotatable bonds is 6. The molecule has 128 valence electrons. The highest BCUT2D eigenvalue weighted by Gasteiger charge is 2.26. The Morgan fingerprint density at radius 2 is 2.21 bits per heavy atom. The summed E-state index contributed by atoms with van der Waals surface area (Å²) in [5.74, 6) is 0.0600. The van der Waals surface area contributed by atoms with E-state index in [0.29, 0.717) is 13.1 Å². The first-order chi connectivity index (χ1) is 11.7. The molecule has 1 fully saturated rings. The molecule has 0 saturated carbocycles. The molecule has 0 aromatic carbocycles. The molecule has 3 rings (SSSR count). The van der Waals surface area contributed by atoms with Gasteiger partial charge in [-0.15, -0.1) is 11.3 Å². The van der Waals surface area contributed by atoms with Crippen LogP contribution in [0.5, 0.6) is 0 Å².